The van der Waals surface area contributed by atoms with Gasteiger partial charge in [0.2, 0.25) is 0 Å². The Balaban J connectivity index is 1.36. The standard InChI is InChI=1S/C25H17N3O5/c29-25(24-18-8-2-5-11-21(18)33-22-12-6-3-9-19(22)24)27-26-15-16-13-14-23(32-16)17-7-1-4-10-20(17)28(30)31/h1-15,24H,(H,27,29). The lowest BCUT2D eigenvalue weighted by atomic mass is 9.87. The van der Waals surface area contributed by atoms with Crippen molar-refractivity contribution in [2.24, 2.45) is 5.10 Å². The van der Waals surface area contributed by atoms with Gasteiger partial charge in [0.1, 0.15) is 23.0 Å². The first-order valence-corrected chi connectivity index (χ1v) is 10.1. The van der Waals surface area contributed by atoms with Gasteiger partial charge in [-0.05, 0) is 30.3 Å². The number of hydrogen-bond donors (Lipinski definition) is 1. The molecule has 0 aliphatic carbocycles. The Morgan fingerprint density at radius 2 is 1.55 bits per heavy atom. The predicted octanol–water partition coefficient (Wildman–Crippen LogP) is 5.24. The highest BCUT2D eigenvalue weighted by atomic mass is 16.6. The minimum atomic E-state index is -0.581. The van der Waals surface area contributed by atoms with Crippen LogP contribution in [0.5, 0.6) is 11.5 Å². The number of furan rings is 1. The first kappa shape index (κ1) is 20.2. The van der Waals surface area contributed by atoms with Gasteiger partial charge in [0.25, 0.3) is 11.6 Å². The summed E-state index contributed by atoms with van der Waals surface area (Å²) >= 11 is 0. The molecule has 2 heterocycles. The lowest BCUT2D eigenvalue weighted by Crippen LogP contribution is -2.28. The number of rotatable bonds is 5. The van der Waals surface area contributed by atoms with E-state index < -0.39 is 10.8 Å². The molecule has 1 aliphatic rings. The van der Waals surface area contributed by atoms with Crippen LogP contribution in [0, 0.1) is 10.1 Å². The second-order valence-electron chi connectivity index (χ2n) is 7.32. The highest BCUT2D eigenvalue weighted by molar-refractivity contribution is 5.90. The molecule has 8 heteroatoms. The number of nitrogens with zero attached hydrogens (tertiary/aromatic N) is 2. The molecule has 8 nitrogen and oxygen atoms in total. The summed E-state index contributed by atoms with van der Waals surface area (Å²) in [7, 11) is 0. The maximum absolute atomic E-state index is 13.1. The molecule has 1 aliphatic heterocycles. The lowest BCUT2D eigenvalue weighted by Gasteiger charge is -2.26. The molecule has 0 atom stereocenters. The Morgan fingerprint density at radius 3 is 2.24 bits per heavy atom. The second-order valence-corrected chi connectivity index (χ2v) is 7.32. The number of ether oxygens (including phenoxy) is 1. The Hall–Kier alpha value is -4.72. The summed E-state index contributed by atoms with van der Waals surface area (Å²) in [6.45, 7) is 0. The molecule has 162 valence electrons. The molecular weight excluding hydrogens is 422 g/mol. The summed E-state index contributed by atoms with van der Waals surface area (Å²) in [6.07, 6.45) is 1.35. The number of fused-ring (bicyclic) bond motifs is 2. The van der Waals surface area contributed by atoms with Crippen LogP contribution in [0.15, 0.2) is 94.4 Å². The van der Waals surface area contributed by atoms with Gasteiger partial charge in [-0.1, -0.05) is 48.5 Å². The van der Waals surface area contributed by atoms with Crippen molar-refractivity contribution >= 4 is 17.8 Å². The van der Waals surface area contributed by atoms with Crippen LogP contribution >= 0.6 is 0 Å². The monoisotopic (exact) mass is 439 g/mol. The number of nitro benzene ring substituents is 1. The zero-order chi connectivity index (χ0) is 22.8. The van der Waals surface area contributed by atoms with Crippen LogP contribution in [0.2, 0.25) is 0 Å². The number of hydrogen-bond acceptors (Lipinski definition) is 6. The average molecular weight is 439 g/mol. The Bertz CT molecular complexity index is 1350. The topological polar surface area (TPSA) is 107 Å². The van der Waals surface area contributed by atoms with Crippen LogP contribution in [0.3, 0.4) is 0 Å². The molecule has 1 aromatic heterocycles. The molecule has 0 spiro atoms. The number of nitro groups is 1. The smallest absolute Gasteiger partial charge is 0.280 e. The lowest BCUT2D eigenvalue weighted by molar-refractivity contribution is -0.384. The molecule has 1 amide bonds. The van der Waals surface area contributed by atoms with E-state index in [-0.39, 0.29) is 11.6 Å². The molecule has 0 radical (unpaired) electrons. The van der Waals surface area contributed by atoms with Crippen LogP contribution in [0.1, 0.15) is 22.8 Å². The molecule has 0 saturated carbocycles. The largest absolute Gasteiger partial charge is 0.457 e. The first-order chi connectivity index (χ1) is 16.1. The van der Waals surface area contributed by atoms with Gasteiger partial charge < -0.3 is 9.15 Å². The Labute approximate surface area is 188 Å². The fourth-order valence-corrected chi connectivity index (χ4v) is 3.82. The molecule has 0 unspecified atom stereocenters. The second kappa shape index (κ2) is 8.43. The molecule has 3 aromatic carbocycles. The minimum absolute atomic E-state index is 0.0551. The first-order valence-electron chi connectivity index (χ1n) is 10.1. The van der Waals surface area contributed by atoms with Gasteiger partial charge in [0.05, 0.1) is 22.6 Å². The summed E-state index contributed by atoms with van der Waals surface area (Å²) in [5.74, 6) is 1.03. The number of carbonyl (C=O) groups is 1. The molecule has 4 aromatic rings. The third-order valence-corrected chi connectivity index (χ3v) is 5.30. The van der Waals surface area contributed by atoms with Gasteiger partial charge in [-0.25, -0.2) is 5.43 Å². The van der Waals surface area contributed by atoms with Gasteiger partial charge in [0, 0.05) is 17.2 Å². The van der Waals surface area contributed by atoms with Crippen molar-refractivity contribution in [2.45, 2.75) is 5.92 Å². The van der Waals surface area contributed by atoms with Crippen molar-refractivity contribution in [3.63, 3.8) is 0 Å². The molecule has 0 bridgehead atoms. The van der Waals surface area contributed by atoms with E-state index in [2.05, 4.69) is 10.5 Å². The molecule has 5 rings (SSSR count). The molecule has 0 fully saturated rings. The summed E-state index contributed by atoms with van der Waals surface area (Å²) in [5.41, 5.74) is 4.38. The van der Waals surface area contributed by atoms with Crippen molar-refractivity contribution in [3.05, 3.63) is 112 Å². The van der Waals surface area contributed by atoms with Gasteiger partial charge in [-0.2, -0.15) is 5.10 Å². The van der Waals surface area contributed by atoms with Crippen LogP contribution in [0.4, 0.5) is 5.69 Å². The van der Waals surface area contributed by atoms with Crippen LogP contribution < -0.4 is 10.2 Å². The normalized spacial score (nSPS) is 12.6. The fourth-order valence-electron chi connectivity index (χ4n) is 3.82. The highest BCUT2D eigenvalue weighted by Crippen LogP contribution is 2.43. The van der Waals surface area contributed by atoms with E-state index in [1.165, 1.54) is 12.3 Å². The number of para-hydroxylation sites is 3. The van der Waals surface area contributed by atoms with Gasteiger partial charge in [0.15, 0.2) is 0 Å². The Kier molecular flexibility index (Phi) is 5.16. The van der Waals surface area contributed by atoms with Gasteiger partial charge in [-0.15, -0.1) is 0 Å². The summed E-state index contributed by atoms with van der Waals surface area (Å²) < 4.78 is 11.6. The van der Waals surface area contributed by atoms with E-state index in [0.29, 0.717) is 28.6 Å². The third-order valence-electron chi connectivity index (χ3n) is 5.30. The third kappa shape index (κ3) is 3.85. The van der Waals surface area contributed by atoms with E-state index >= 15 is 0 Å². The van der Waals surface area contributed by atoms with E-state index in [9.17, 15) is 14.9 Å². The van der Waals surface area contributed by atoms with E-state index in [1.54, 1.807) is 30.3 Å². The van der Waals surface area contributed by atoms with Crippen molar-refractivity contribution in [1.82, 2.24) is 5.43 Å². The predicted molar refractivity (Wildman–Crippen MR) is 121 cm³/mol. The van der Waals surface area contributed by atoms with Crippen LogP contribution in [-0.2, 0) is 4.79 Å². The number of benzene rings is 3. The quantitative estimate of drug-likeness (QED) is 0.260. The van der Waals surface area contributed by atoms with Crippen LogP contribution in [-0.4, -0.2) is 17.0 Å². The number of nitrogens with one attached hydrogen (secondary N) is 1. The van der Waals surface area contributed by atoms with E-state index in [0.717, 1.165) is 11.1 Å². The number of carbonyl (C=O) groups excluding carboxylic acids is 1. The number of hydrazone groups is 1. The van der Waals surface area contributed by atoms with E-state index in [4.69, 9.17) is 9.15 Å². The maximum atomic E-state index is 13.1. The average Bonchev–Trinajstić information content (AvgIpc) is 3.31. The SMILES string of the molecule is O=C(NN=Cc1ccc(-c2ccccc2[N+](=O)[O-])o1)C1c2ccccc2Oc2ccccc21. The molecular formula is C25H17N3O5. The van der Waals surface area contributed by atoms with Crippen LogP contribution in [0.25, 0.3) is 11.3 Å². The van der Waals surface area contributed by atoms with Crippen molar-refractivity contribution in [1.29, 1.82) is 0 Å². The summed E-state index contributed by atoms with van der Waals surface area (Å²) in [5, 5.41) is 15.3. The summed E-state index contributed by atoms with van der Waals surface area (Å²) in [6, 6.07) is 24.3. The Morgan fingerprint density at radius 1 is 0.909 bits per heavy atom. The van der Waals surface area contributed by atoms with E-state index in [1.807, 2.05) is 48.5 Å². The van der Waals surface area contributed by atoms with Gasteiger partial charge >= 0.3 is 0 Å². The zero-order valence-corrected chi connectivity index (χ0v) is 17.2. The van der Waals surface area contributed by atoms with Gasteiger partial charge in [-0.3, -0.25) is 14.9 Å². The maximum Gasteiger partial charge on any atom is 0.280 e. The molecule has 0 saturated heterocycles. The fraction of sp³-hybridized carbons (Fsp3) is 0.0400. The molecule has 1 N–H and O–H groups in total. The minimum Gasteiger partial charge on any atom is -0.457 e. The zero-order valence-electron chi connectivity index (χ0n) is 17.2. The van der Waals surface area contributed by atoms with Crippen molar-refractivity contribution in [3.8, 4) is 22.8 Å². The van der Waals surface area contributed by atoms with Crippen molar-refractivity contribution < 1.29 is 18.9 Å². The van der Waals surface area contributed by atoms with Crippen molar-refractivity contribution in [2.75, 3.05) is 0 Å². The molecule has 33 heavy (non-hydrogen) atoms. The number of amides is 1. The highest BCUT2D eigenvalue weighted by Gasteiger charge is 2.32. The summed E-state index contributed by atoms with van der Waals surface area (Å²) in [4.78, 5) is 23.9.